The molecule has 2 amide bonds. The number of aromatic nitrogens is 2. The molecule has 1 aliphatic rings. The van der Waals surface area contributed by atoms with Crippen LogP contribution in [0, 0.1) is 5.82 Å². The van der Waals surface area contributed by atoms with Gasteiger partial charge in [0.2, 0.25) is 5.91 Å². The molecule has 2 aromatic heterocycles. The molecule has 4 aromatic rings. The predicted octanol–water partition coefficient (Wildman–Crippen LogP) is 3.64. The van der Waals surface area contributed by atoms with Gasteiger partial charge in [0.05, 0.1) is 23.0 Å². The molecule has 12 heteroatoms. The molecule has 0 radical (unpaired) electrons. The van der Waals surface area contributed by atoms with Crippen LogP contribution in [0.3, 0.4) is 0 Å². The highest BCUT2D eigenvalue weighted by Gasteiger charge is 2.45. The number of ether oxygens (including phenoxy) is 2. The average Bonchev–Trinajstić information content (AvgIpc) is 3.47. The number of anilines is 1. The van der Waals surface area contributed by atoms with Crippen LogP contribution >= 0.6 is 11.3 Å². The maximum absolute atomic E-state index is 13.7. The second-order valence-corrected chi connectivity index (χ2v) is 11.8. The zero-order valence-electron chi connectivity index (χ0n) is 22.9. The number of carbonyl (C=O) groups excluding carboxylic acids is 2. The number of primary amides is 1. The molecule has 0 saturated carbocycles. The van der Waals surface area contributed by atoms with Gasteiger partial charge in [0, 0.05) is 16.7 Å². The third-order valence-corrected chi connectivity index (χ3v) is 7.81. The van der Waals surface area contributed by atoms with E-state index in [2.05, 4.69) is 15.3 Å². The molecule has 6 N–H and O–H groups in total. The first-order valence-corrected chi connectivity index (χ1v) is 13.7. The number of pyridine rings is 1. The molecule has 0 fully saturated rings. The van der Waals surface area contributed by atoms with Crippen LogP contribution in [0.1, 0.15) is 49.3 Å². The zero-order valence-corrected chi connectivity index (χ0v) is 23.8. The van der Waals surface area contributed by atoms with Gasteiger partial charge in [0.1, 0.15) is 46.1 Å². The van der Waals surface area contributed by atoms with E-state index in [9.17, 15) is 19.1 Å². The zero-order chi connectivity index (χ0) is 29.7. The van der Waals surface area contributed by atoms with E-state index in [0.717, 1.165) is 0 Å². The minimum Gasteiger partial charge on any atom is -0.489 e. The molecule has 2 atom stereocenters. The third-order valence-electron chi connectivity index (χ3n) is 6.98. The lowest BCUT2D eigenvalue weighted by Gasteiger charge is -2.26. The number of hydrogen-bond acceptors (Lipinski definition) is 9. The van der Waals surface area contributed by atoms with E-state index in [1.165, 1.54) is 42.5 Å². The fourth-order valence-electron chi connectivity index (χ4n) is 4.60. The third kappa shape index (κ3) is 5.27. The molecule has 41 heavy (non-hydrogen) atoms. The number of hydrogen-bond donors (Lipinski definition) is 4. The van der Waals surface area contributed by atoms with Crippen molar-refractivity contribution in [1.29, 1.82) is 0 Å². The standard InChI is InChI=1S/C29H30FN5O5S/c1-14(2)40-19-9-16(10-20-23(19)35-27(32)41-20)25(36)33-12-29(4,38)21-11-18-24(39-13-28(18,3)26(31)37)22(34-21)15-5-7-17(30)8-6-15/h5-11,14,38H,12-13H2,1-4H3,(H2,31,37)(H2,32,35)(H,33,36)/t28-,29-/m0/s1. The molecule has 0 unspecified atom stereocenters. The minimum atomic E-state index is -1.68. The van der Waals surface area contributed by atoms with Crippen LogP contribution < -0.4 is 26.3 Å². The maximum Gasteiger partial charge on any atom is 0.251 e. The highest BCUT2D eigenvalue weighted by molar-refractivity contribution is 7.22. The van der Waals surface area contributed by atoms with Crippen LogP contribution in [0.4, 0.5) is 9.52 Å². The molecule has 214 valence electrons. The van der Waals surface area contributed by atoms with Crippen LogP contribution in [0.2, 0.25) is 0 Å². The Morgan fingerprint density at radius 3 is 2.61 bits per heavy atom. The number of nitrogens with zero attached hydrogens (tertiary/aromatic N) is 2. The lowest BCUT2D eigenvalue weighted by atomic mass is 9.82. The van der Waals surface area contributed by atoms with Gasteiger partial charge in [-0.1, -0.05) is 11.3 Å². The summed E-state index contributed by atoms with van der Waals surface area (Å²) in [6, 6.07) is 10.4. The summed E-state index contributed by atoms with van der Waals surface area (Å²) in [5, 5.41) is 14.7. The molecule has 3 heterocycles. The van der Waals surface area contributed by atoms with Crippen molar-refractivity contribution in [3.05, 3.63) is 65.1 Å². The number of thiazole rings is 1. The number of nitrogens with one attached hydrogen (secondary N) is 1. The van der Waals surface area contributed by atoms with E-state index >= 15 is 0 Å². The molecular formula is C29H30FN5O5S. The van der Waals surface area contributed by atoms with Gasteiger partial charge in [-0.25, -0.2) is 14.4 Å². The molecule has 0 saturated heterocycles. The number of benzene rings is 2. The van der Waals surface area contributed by atoms with Gasteiger partial charge < -0.3 is 31.4 Å². The first-order chi connectivity index (χ1) is 19.3. The van der Waals surface area contributed by atoms with Crippen LogP contribution in [0.25, 0.3) is 21.5 Å². The molecule has 10 nitrogen and oxygen atoms in total. The number of amides is 2. The number of nitrogens with two attached hydrogens (primary N) is 2. The number of carbonyl (C=O) groups is 2. The van der Waals surface area contributed by atoms with Crippen molar-refractivity contribution in [3.8, 4) is 22.8 Å². The van der Waals surface area contributed by atoms with Gasteiger partial charge in [0.25, 0.3) is 5.91 Å². The Kier molecular flexibility index (Phi) is 7.08. The van der Waals surface area contributed by atoms with Crippen LogP contribution in [0.15, 0.2) is 42.5 Å². The Bertz CT molecular complexity index is 1670. The lowest BCUT2D eigenvalue weighted by molar-refractivity contribution is -0.123. The van der Waals surface area contributed by atoms with E-state index in [0.29, 0.717) is 49.2 Å². The van der Waals surface area contributed by atoms with Crippen molar-refractivity contribution in [1.82, 2.24) is 15.3 Å². The topological polar surface area (TPSA) is 163 Å². The predicted molar refractivity (Wildman–Crippen MR) is 153 cm³/mol. The first kappa shape index (κ1) is 28.2. The van der Waals surface area contributed by atoms with Gasteiger partial charge in [-0.15, -0.1) is 0 Å². The fraction of sp³-hybridized carbons (Fsp3) is 0.310. The maximum atomic E-state index is 13.7. The van der Waals surface area contributed by atoms with Crippen LogP contribution in [0.5, 0.6) is 11.5 Å². The number of nitrogen functional groups attached to an aromatic ring is 1. The normalized spacial score (nSPS) is 17.6. The monoisotopic (exact) mass is 579 g/mol. The van der Waals surface area contributed by atoms with Crippen molar-refractivity contribution in [2.24, 2.45) is 5.73 Å². The first-order valence-electron chi connectivity index (χ1n) is 12.9. The Hall–Kier alpha value is -4.29. The van der Waals surface area contributed by atoms with Crippen molar-refractivity contribution in [3.63, 3.8) is 0 Å². The van der Waals surface area contributed by atoms with Crippen LogP contribution in [-0.4, -0.2) is 46.1 Å². The second kappa shape index (κ2) is 10.3. The quantitative estimate of drug-likeness (QED) is 0.246. The van der Waals surface area contributed by atoms with Gasteiger partial charge in [-0.3, -0.25) is 9.59 Å². The summed E-state index contributed by atoms with van der Waals surface area (Å²) in [6.07, 6.45) is -0.156. The average molecular weight is 580 g/mol. The van der Waals surface area contributed by atoms with E-state index in [1.807, 2.05) is 13.8 Å². The Morgan fingerprint density at radius 2 is 1.95 bits per heavy atom. The second-order valence-electron chi connectivity index (χ2n) is 10.7. The SMILES string of the molecule is CC(C)Oc1cc(C(=O)NC[C@](C)(O)c2cc3c(c(-c4ccc(F)cc4)n2)OC[C@]3(C)C(N)=O)cc2sc(N)nc12. The van der Waals surface area contributed by atoms with Gasteiger partial charge in [-0.2, -0.15) is 0 Å². The molecular weight excluding hydrogens is 549 g/mol. The molecule has 5 rings (SSSR count). The smallest absolute Gasteiger partial charge is 0.251 e. The fourth-order valence-corrected chi connectivity index (χ4v) is 5.39. The van der Waals surface area contributed by atoms with Gasteiger partial charge >= 0.3 is 0 Å². The lowest BCUT2D eigenvalue weighted by Crippen LogP contribution is -2.41. The van der Waals surface area contributed by atoms with E-state index in [1.54, 1.807) is 25.1 Å². The van der Waals surface area contributed by atoms with Gasteiger partial charge in [-0.05, 0) is 70.2 Å². The van der Waals surface area contributed by atoms with E-state index in [-0.39, 0.29) is 24.9 Å². The summed E-state index contributed by atoms with van der Waals surface area (Å²) in [7, 11) is 0. The number of fused-ring (bicyclic) bond motifs is 2. The minimum absolute atomic E-state index is 0.0127. The summed E-state index contributed by atoms with van der Waals surface area (Å²) in [6.45, 7) is 6.63. The Morgan fingerprint density at radius 1 is 1.24 bits per heavy atom. The van der Waals surface area contributed by atoms with E-state index < -0.39 is 28.6 Å². The van der Waals surface area contributed by atoms with Crippen LogP contribution in [-0.2, 0) is 15.8 Å². The summed E-state index contributed by atoms with van der Waals surface area (Å²) < 4.78 is 26.1. The molecule has 0 spiro atoms. The highest BCUT2D eigenvalue weighted by Crippen LogP contribution is 2.45. The Balaban J connectivity index is 1.48. The number of halogens is 1. The summed E-state index contributed by atoms with van der Waals surface area (Å²) in [4.78, 5) is 34.6. The summed E-state index contributed by atoms with van der Waals surface area (Å²) in [5.41, 5.74) is 11.1. The highest BCUT2D eigenvalue weighted by atomic mass is 32.1. The van der Waals surface area contributed by atoms with Crippen molar-refractivity contribution >= 4 is 38.5 Å². The number of aliphatic hydroxyl groups is 1. The van der Waals surface area contributed by atoms with Crippen molar-refractivity contribution in [2.75, 3.05) is 18.9 Å². The number of rotatable bonds is 8. The Labute approximate surface area is 239 Å². The van der Waals surface area contributed by atoms with Crippen molar-refractivity contribution in [2.45, 2.75) is 44.8 Å². The summed E-state index contributed by atoms with van der Waals surface area (Å²) in [5.74, 6) is -0.739. The molecule has 0 bridgehead atoms. The largest absolute Gasteiger partial charge is 0.489 e. The van der Waals surface area contributed by atoms with E-state index in [4.69, 9.17) is 20.9 Å². The van der Waals surface area contributed by atoms with Gasteiger partial charge in [0.15, 0.2) is 5.13 Å². The van der Waals surface area contributed by atoms with Crippen molar-refractivity contribution < 1.29 is 28.6 Å². The summed E-state index contributed by atoms with van der Waals surface area (Å²) >= 11 is 1.23. The molecule has 2 aromatic carbocycles. The molecule has 0 aliphatic carbocycles. The molecule has 1 aliphatic heterocycles.